The first-order valence-corrected chi connectivity index (χ1v) is 6.42. The molecule has 1 aromatic carbocycles. The van der Waals surface area contributed by atoms with E-state index in [2.05, 4.69) is 19.2 Å². The average molecular weight is 249 g/mol. The van der Waals surface area contributed by atoms with Crippen LogP contribution >= 0.6 is 0 Å². The lowest BCUT2D eigenvalue weighted by Crippen LogP contribution is -2.47. The molecule has 0 bridgehead atoms. The fourth-order valence-electron chi connectivity index (χ4n) is 2.03. The van der Waals surface area contributed by atoms with Crippen LogP contribution in [0.15, 0.2) is 24.3 Å². The van der Waals surface area contributed by atoms with Gasteiger partial charge in [0.05, 0.1) is 0 Å². The normalized spacial score (nSPS) is 14.5. The number of aryl methyl sites for hydroxylation is 1. The Morgan fingerprint density at radius 3 is 2.50 bits per heavy atom. The fourth-order valence-corrected chi connectivity index (χ4v) is 2.03. The Labute approximate surface area is 109 Å². The molecule has 1 rings (SSSR count). The van der Waals surface area contributed by atoms with E-state index in [9.17, 15) is 9.90 Å². The van der Waals surface area contributed by atoms with E-state index in [1.54, 1.807) is 6.92 Å². The first kappa shape index (κ1) is 14.7. The van der Waals surface area contributed by atoms with E-state index < -0.39 is 11.5 Å². The molecule has 0 fully saturated rings. The third-order valence-electron chi connectivity index (χ3n) is 3.31. The van der Waals surface area contributed by atoms with Crippen molar-refractivity contribution < 1.29 is 9.90 Å². The highest BCUT2D eigenvalue weighted by atomic mass is 16.4. The number of aliphatic carboxylic acids is 1. The molecule has 0 saturated heterocycles. The maximum Gasteiger partial charge on any atom is 0.328 e. The van der Waals surface area contributed by atoms with Crippen LogP contribution in [0.5, 0.6) is 0 Å². The van der Waals surface area contributed by atoms with Crippen molar-refractivity contribution in [1.29, 1.82) is 0 Å². The van der Waals surface area contributed by atoms with Gasteiger partial charge in [0.1, 0.15) is 5.54 Å². The zero-order valence-corrected chi connectivity index (χ0v) is 11.7. The number of carboxylic acids is 1. The van der Waals surface area contributed by atoms with Gasteiger partial charge in [0.25, 0.3) is 0 Å². The molecule has 1 aromatic rings. The second-order valence-electron chi connectivity index (χ2n) is 5.35. The van der Waals surface area contributed by atoms with Crippen LogP contribution < -0.4 is 5.32 Å². The van der Waals surface area contributed by atoms with E-state index in [0.29, 0.717) is 12.5 Å². The summed E-state index contributed by atoms with van der Waals surface area (Å²) in [5.74, 6) is -0.270. The van der Waals surface area contributed by atoms with Crippen molar-refractivity contribution in [2.45, 2.75) is 39.7 Å². The minimum Gasteiger partial charge on any atom is -0.480 e. The maximum absolute atomic E-state index is 11.6. The van der Waals surface area contributed by atoms with Gasteiger partial charge in [-0.25, -0.2) is 4.79 Å². The number of carboxylic acid groups (broad SMARTS) is 1. The van der Waals surface area contributed by atoms with Gasteiger partial charge in [0.15, 0.2) is 0 Å². The van der Waals surface area contributed by atoms with Gasteiger partial charge in [-0.2, -0.15) is 0 Å². The van der Waals surface area contributed by atoms with Crippen LogP contribution in [0.3, 0.4) is 0 Å². The molecule has 0 heterocycles. The molecule has 0 radical (unpaired) electrons. The lowest BCUT2D eigenvalue weighted by Gasteiger charge is -2.28. The summed E-state index contributed by atoms with van der Waals surface area (Å²) in [6.45, 7) is 8.65. The third-order valence-corrected chi connectivity index (χ3v) is 3.31. The quantitative estimate of drug-likeness (QED) is 0.815. The molecule has 0 aliphatic carbocycles. The Kier molecular flexibility index (Phi) is 4.91. The number of rotatable bonds is 6. The summed E-state index contributed by atoms with van der Waals surface area (Å²) < 4.78 is 0. The molecule has 3 heteroatoms. The summed E-state index contributed by atoms with van der Waals surface area (Å²) in [7, 11) is 0. The zero-order valence-electron chi connectivity index (χ0n) is 11.7. The Morgan fingerprint density at radius 1 is 1.39 bits per heavy atom. The molecular formula is C15H23NO2. The topological polar surface area (TPSA) is 49.3 Å². The van der Waals surface area contributed by atoms with Crippen LogP contribution in [0.1, 0.15) is 38.3 Å². The van der Waals surface area contributed by atoms with Gasteiger partial charge in [-0.05, 0) is 43.9 Å². The summed E-state index contributed by atoms with van der Waals surface area (Å²) in [5, 5.41) is 12.7. The van der Waals surface area contributed by atoms with Crippen molar-refractivity contribution in [1.82, 2.24) is 5.32 Å². The molecule has 1 atom stereocenters. The number of carbonyl (C=O) groups is 1. The molecule has 2 N–H and O–H groups in total. The van der Waals surface area contributed by atoms with E-state index in [1.807, 2.05) is 31.2 Å². The minimum absolute atomic E-state index is 0.562. The fraction of sp³-hybridized carbons (Fsp3) is 0.533. The summed E-state index contributed by atoms with van der Waals surface area (Å²) in [4.78, 5) is 11.6. The second kappa shape index (κ2) is 6.01. The zero-order chi connectivity index (χ0) is 13.8. The van der Waals surface area contributed by atoms with E-state index in [1.165, 1.54) is 0 Å². The van der Waals surface area contributed by atoms with Gasteiger partial charge in [0, 0.05) is 0 Å². The highest BCUT2D eigenvalue weighted by Gasteiger charge is 2.35. The summed E-state index contributed by atoms with van der Waals surface area (Å²) in [5.41, 5.74) is 0.820. The Hall–Kier alpha value is -1.35. The van der Waals surface area contributed by atoms with Crippen LogP contribution in [0.25, 0.3) is 0 Å². The van der Waals surface area contributed by atoms with E-state index >= 15 is 0 Å². The van der Waals surface area contributed by atoms with Crippen LogP contribution in [0.4, 0.5) is 0 Å². The van der Waals surface area contributed by atoms with E-state index in [-0.39, 0.29) is 0 Å². The van der Waals surface area contributed by atoms with Crippen LogP contribution in [-0.2, 0) is 10.3 Å². The Morgan fingerprint density at radius 2 is 2.00 bits per heavy atom. The molecule has 0 aliphatic heterocycles. The second-order valence-corrected chi connectivity index (χ2v) is 5.35. The van der Waals surface area contributed by atoms with Gasteiger partial charge < -0.3 is 5.11 Å². The summed E-state index contributed by atoms with van der Waals surface area (Å²) in [6.07, 6.45) is 0.967. The predicted molar refractivity (Wildman–Crippen MR) is 73.6 cm³/mol. The number of hydrogen-bond donors (Lipinski definition) is 2. The first-order valence-electron chi connectivity index (χ1n) is 6.42. The Balaban J connectivity index is 2.94. The monoisotopic (exact) mass is 249 g/mol. The van der Waals surface area contributed by atoms with Crippen LogP contribution in [-0.4, -0.2) is 17.6 Å². The number of nitrogens with one attached hydrogen (secondary N) is 1. The number of hydrogen-bond acceptors (Lipinski definition) is 2. The number of benzene rings is 1. The highest BCUT2D eigenvalue weighted by molar-refractivity contribution is 5.80. The first-order chi connectivity index (χ1) is 8.38. The van der Waals surface area contributed by atoms with Gasteiger partial charge in [-0.3, -0.25) is 5.32 Å². The largest absolute Gasteiger partial charge is 0.480 e. The van der Waals surface area contributed by atoms with E-state index in [4.69, 9.17) is 0 Å². The molecular weight excluding hydrogens is 226 g/mol. The smallest absolute Gasteiger partial charge is 0.328 e. The lowest BCUT2D eigenvalue weighted by atomic mass is 9.88. The minimum atomic E-state index is -1.01. The van der Waals surface area contributed by atoms with Crippen molar-refractivity contribution in [3.05, 3.63) is 35.4 Å². The molecule has 18 heavy (non-hydrogen) atoms. The Bertz CT molecular complexity index is 415. The van der Waals surface area contributed by atoms with Crippen molar-refractivity contribution in [2.24, 2.45) is 5.92 Å². The standard InChI is InChI=1S/C15H23NO2/c1-11(2)9-10-16-15(4,14(17)18)13-8-6-5-7-12(13)3/h5-8,11,16H,9-10H2,1-4H3,(H,17,18). The van der Waals surface area contributed by atoms with Crippen LogP contribution in [0, 0.1) is 12.8 Å². The van der Waals surface area contributed by atoms with Gasteiger partial charge in [-0.1, -0.05) is 38.1 Å². The molecule has 0 saturated carbocycles. The average Bonchev–Trinajstić information content (AvgIpc) is 2.28. The molecule has 3 nitrogen and oxygen atoms in total. The summed E-state index contributed by atoms with van der Waals surface area (Å²) in [6, 6.07) is 7.63. The molecule has 0 aromatic heterocycles. The lowest BCUT2D eigenvalue weighted by molar-refractivity contribution is -0.144. The third kappa shape index (κ3) is 3.33. The highest BCUT2D eigenvalue weighted by Crippen LogP contribution is 2.24. The molecule has 0 amide bonds. The van der Waals surface area contributed by atoms with Crippen molar-refractivity contribution in [3.63, 3.8) is 0 Å². The van der Waals surface area contributed by atoms with Crippen molar-refractivity contribution in [2.75, 3.05) is 6.54 Å². The van der Waals surface area contributed by atoms with Crippen molar-refractivity contribution in [3.8, 4) is 0 Å². The molecule has 1 unspecified atom stereocenters. The van der Waals surface area contributed by atoms with Crippen LogP contribution in [0.2, 0.25) is 0 Å². The molecule has 0 spiro atoms. The SMILES string of the molecule is Cc1ccccc1C(C)(NCCC(C)C)C(=O)O. The van der Waals surface area contributed by atoms with Gasteiger partial charge >= 0.3 is 5.97 Å². The molecule has 0 aliphatic rings. The summed E-state index contributed by atoms with van der Waals surface area (Å²) >= 11 is 0. The van der Waals surface area contributed by atoms with E-state index in [0.717, 1.165) is 17.5 Å². The molecule has 100 valence electrons. The van der Waals surface area contributed by atoms with Crippen molar-refractivity contribution >= 4 is 5.97 Å². The van der Waals surface area contributed by atoms with Gasteiger partial charge in [-0.15, -0.1) is 0 Å². The van der Waals surface area contributed by atoms with Gasteiger partial charge in [0.2, 0.25) is 0 Å². The maximum atomic E-state index is 11.6. The predicted octanol–water partition coefficient (Wildman–Crippen LogP) is 2.93.